The molecule has 3 rings (SSSR count). The van der Waals surface area contributed by atoms with Crippen LogP contribution < -0.4 is 10.6 Å². The Morgan fingerprint density at radius 2 is 1.95 bits per heavy atom. The Bertz CT molecular complexity index is 718. The molecule has 108 valence electrons. The zero-order chi connectivity index (χ0) is 15.0. The van der Waals surface area contributed by atoms with Crippen LogP contribution in [0.5, 0.6) is 0 Å². The first-order valence-corrected chi connectivity index (χ1v) is 7.95. The fourth-order valence-corrected chi connectivity index (χ4v) is 3.25. The number of benzene rings is 2. The third-order valence-electron chi connectivity index (χ3n) is 3.42. The van der Waals surface area contributed by atoms with E-state index in [1.54, 1.807) is 6.07 Å². The molecular formula is C15H12Br2FN3. The van der Waals surface area contributed by atoms with Crippen molar-refractivity contribution in [3.05, 3.63) is 62.8 Å². The zero-order valence-electron chi connectivity index (χ0n) is 10.9. The summed E-state index contributed by atoms with van der Waals surface area (Å²) in [5.74, 6) is 0.130. The Kier molecular flexibility index (Phi) is 3.99. The van der Waals surface area contributed by atoms with Crippen LogP contribution in [0.1, 0.15) is 11.6 Å². The topological polar surface area (TPSA) is 41.6 Å². The average Bonchev–Trinajstić information content (AvgIpc) is 2.81. The maximum absolute atomic E-state index is 14.3. The quantitative estimate of drug-likeness (QED) is 0.801. The maximum atomic E-state index is 14.3. The van der Waals surface area contributed by atoms with E-state index in [-0.39, 0.29) is 11.9 Å². The molecule has 0 radical (unpaired) electrons. The minimum atomic E-state index is -0.267. The number of aliphatic imine (C=N–C) groups is 1. The summed E-state index contributed by atoms with van der Waals surface area (Å²) in [6.07, 6.45) is 0. The van der Waals surface area contributed by atoms with Crippen LogP contribution in [-0.2, 0) is 0 Å². The van der Waals surface area contributed by atoms with Crippen molar-refractivity contribution in [2.24, 2.45) is 10.7 Å². The van der Waals surface area contributed by atoms with Crippen molar-refractivity contribution in [1.82, 2.24) is 0 Å². The number of halogens is 3. The molecule has 2 aromatic carbocycles. The molecule has 1 atom stereocenters. The first kappa shape index (κ1) is 14.5. The fraction of sp³-hybridized carbons (Fsp3) is 0.133. The first-order valence-electron chi connectivity index (χ1n) is 6.36. The smallest absolute Gasteiger partial charge is 0.196 e. The van der Waals surface area contributed by atoms with E-state index in [0.717, 1.165) is 10.2 Å². The van der Waals surface area contributed by atoms with Gasteiger partial charge in [0.1, 0.15) is 5.82 Å². The monoisotopic (exact) mass is 411 g/mol. The van der Waals surface area contributed by atoms with Gasteiger partial charge in [-0.25, -0.2) is 4.39 Å². The molecule has 21 heavy (non-hydrogen) atoms. The van der Waals surface area contributed by atoms with E-state index in [1.165, 1.54) is 6.07 Å². The van der Waals surface area contributed by atoms with Gasteiger partial charge >= 0.3 is 0 Å². The van der Waals surface area contributed by atoms with Crippen molar-refractivity contribution in [3.8, 4) is 0 Å². The molecule has 1 aliphatic heterocycles. The van der Waals surface area contributed by atoms with Crippen LogP contribution in [0.25, 0.3) is 0 Å². The predicted molar refractivity (Wildman–Crippen MR) is 90.0 cm³/mol. The van der Waals surface area contributed by atoms with E-state index in [9.17, 15) is 4.39 Å². The lowest BCUT2D eigenvalue weighted by Gasteiger charge is -2.27. The predicted octanol–water partition coefficient (Wildman–Crippen LogP) is 4.23. The molecule has 2 aromatic rings. The van der Waals surface area contributed by atoms with Gasteiger partial charge in [-0.2, -0.15) is 0 Å². The Morgan fingerprint density at radius 3 is 2.67 bits per heavy atom. The molecule has 0 saturated heterocycles. The molecule has 0 fully saturated rings. The number of hydrogen-bond acceptors (Lipinski definition) is 3. The summed E-state index contributed by atoms with van der Waals surface area (Å²) in [7, 11) is 0. The van der Waals surface area contributed by atoms with E-state index in [4.69, 9.17) is 5.73 Å². The van der Waals surface area contributed by atoms with Gasteiger partial charge in [-0.15, -0.1) is 0 Å². The van der Waals surface area contributed by atoms with Gasteiger partial charge in [0.05, 0.1) is 18.3 Å². The van der Waals surface area contributed by atoms with Crippen molar-refractivity contribution in [1.29, 1.82) is 0 Å². The lowest BCUT2D eigenvalue weighted by atomic mass is 10.0. The van der Waals surface area contributed by atoms with Gasteiger partial charge < -0.3 is 10.6 Å². The van der Waals surface area contributed by atoms with E-state index in [0.29, 0.717) is 22.5 Å². The van der Waals surface area contributed by atoms with Gasteiger partial charge in [-0.1, -0.05) is 34.1 Å². The largest absolute Gasteiger partial charge is 0.369 e. The number of hydrogen-bond donors (Lipinski definition) is 1. The van der Waals surface area contributed by atoms with Crippen molar-refractivity contribution in [2.45, 2.75) is 6.04 Å². The third-order valence-corrected chi connectivity index (χ3v) is 4.58. The van der Waals surface area contributed by atoms with Crippen LogP contribution in [0.4, 0.5) is 10.1 Å². The Hall–Kier alpha value is -1.40. The second-order valence-corrected chi connectivity index (χ2v) is 6.47. The fourth-order valence-electron chi connectivity index (χ4n) is 2.45. The van der Waals surface area contributed by atoms with Crippen molar-refractivity contribution in [2.75, 3.05) is 11.4 Å². The standard InChI is InChI=1S/C15H12Br2FN3/c16-9-5-6-10(12(18)7-9)14-8-20-15(19)21(14)13-4-2-1-3-11(13)17/h1-7,14H,8H2,(H2,19,20). The number of guanidine groups is 1. The van der Waals surface area contributed by atoms with Gasteiger partial charge in [-0.05, 0) is 40.2 Å². The van der Waals surface area contributed by atoms with Crippen LogP contribution in [0.2, 0.25) is 0 Å². The van der Waals surface area contributed by atoms with E-state index in [2.05, 4.69) is 36.9 Å². The van der Waals surface area contributed by atoms with Crippen LogP contribution >= 0.6 is 31.9 Å². The number of nitrogens with zero attached hydrogens (tertiary/aromatic N) is 2. The molecule has 1 heterocycles. The summed E-state index contributed by atoms with van der Waals surface area (Å²) in [5.41, 5.74) is 7.47. The molecule has 6 heteroatoms. The highest BCUT2D eigenvalue weighted by Crippen LogP contribution is 2.36. The van der Waals surface area contributed by atoms with E-state index in [1.807, 2.05) is 35.2 Å². The van der Waals surface area contributed by atoms with Crippen LogP contribution in [0.3, 0.4) is 0 Å². The molecule has 1 aliphatic rings. The summed E-state index contributed by atoms with van der Waals surface area (Å²) in [5, 5.41) is 0. The van der Waals surface area contributed by atoms with Crippen molar-refractivity contribution < 1.29 is 4.39 Å². The lowest BCUT2D eigenvalue weighted by molar-refractivity contribution is 0.588. The lowest BCUT2D eigenvalue weighted by Crippen LogP contribution is -2.36. The third kappa shape index (κ3) is 2.70. The molecule has 0 bridgehead atoms. The zero-order valence-corrected chi connectivity index (χ0v) is 14.1. The highest BCUT2D eigenvalue weighted by molar-refractivity contribution is 9.10. The Labute approximate surface area is 138 Å². The summed E-state index contributed by atoms with van der Waals surface area (Å²) in [4.78, 5) is 6.14. The summed E-state index contributed by atoms with van der Waals surface area (Å²) < 4.78 is 15.9. The molecule has 2 N–H and O–H groups in total. The number of nitrogens with two attached hydrogens (primary N) is 1. The highest BCUT2D eigenvalue weighted by Gasteiger charge is 2.31. The Morgan fingerprint density at radius 1 is 1.19 bits per heavy atom. The van der Waals surface area contributed by atoms with Crippen LogP contribution in [0.15, 0.2) is 56.4 Å². The minimum absolute atomic E-state index is 0.239. The normalized spacial score (nSPS) is 18.0. The van der Waals surface area contributed by atoms with E-state index >= 15 is 0 Å². The molecule has 0 spiro atoms. The molecule has 3 nitrogen and oxygen atoms in total. The highest BCUT2D eigenvalue weighted by atomic mass is 79.9. The van der Waals surface area contributed by atoms with Gasteiger partial charge in [0.15, 0.2) is 5.96 Å². The Balaban J connectivity index is 2.05. The summed E-state index contributed by atoms with van der Waals surface area (Å²) in [6.45, 7) is 0.436. The second-order valence-electron chi connectivity index (χ2n) is 4.70. The van der Waals surface area contributed by atoms with E-state index < -0.39 is 0 Å². The van der Waals surface area contributed by atoms with Gasteiger partial charge in [0, 0.05) is 14.5 Å². The minimum Gasteiger partial charge on any atom is -0.369 e. The second kappa shape index (κ2) is 5.77. The first-order chi connectivity index (χ1) is 10.1. The van der Waals surface area contributed by atoms with Gasteiger partial charge in [0.25, 0.3) is 0 Å². The maximum Gasteiger partial charge on any atom is 0.196 e. The average molecular weight is 413 g/mol. The molecule has 0 amide bonds. The molecule has 0 saturated carbocycles. The van der Waals surface area contributed by atoms with Crippen LogP contribution in [0, 0.1) is 5.82 Å². The van der Waals surface area contributed by atoms with Gasteiger partial charge in [0.2, 0.25) is 0 Å². The number of para-hydroxylation sites is 1. The number of anilines is 1. The van der Waals surface area contributed by atoms with Crippen LogP contribution in [-0.4, -0.2) is 12.5 Å². The molecule has 0 aliphatic carbocycles. The van der Waals surface area contributed by atoms with Crippen molar-refractivity contribution in [3.63, 3.8) is 0 Å². The van der Waals surface area contributed by atoms with Crippen molar-refractivity contribution >= 4 is 43.5 Å². The summed E-state index contributed by atoms with van der Waals surface area (Å²) >= 11 is 6.78. The molecule has 0 aromatic heterocycles. The molecular weight excluding hydrogens is 401 g/mol. The summed E-state index contributed by atoms with van der Waals surface area (Å²) in [6, 6.07) is 12.5. The van der Waals surface area contributed by atoms with Gasteiger partial charge in [-0.3, -0.25) is 4.99 Å². The SMILES string of the molecule is NC1=NCC(c2ccc(Br)cc2F)N1c1ccccc1Br. The number of rotatable bonds is 2. The molecule has 1 unspecified atom stereocenters.